The van der Waals surface area contributed by atoms with E-state index in [0.29, 0.717) is 16.9 Å². The molecule has 0 saturated heterocycles. The number of ether oxygens (including phenoxy) is 1. The number of imide groups is 1. The van der Waals surface area contributed by atoms with Crippen molar-refractivity contribution in [1.82, 2.24) is 0 Å². The van der Waals surface area contributed by atoms with E-state index in [0.717, 1.165) is 28.2 Å². The predicted octanol–water partition coefficient (Wildman–Crippen LogP) is 5.60. The number of carbonyl (C=O) groups excluding carboxylic acids is 2. The molecule has 0 radical (unpaired) electrons. The molecule has 0 aliphatic carbocycles. The topological polar surface area (TPSA) is 58.6 Å². The van der Waals surface area contributed by atoms with Crippen LogP contribution in [0.3, 0.4) is 0 Å². The molecule has 0 fully saturated rings. The monoisotopic (exact) mass is 452 g/mol. The smallest absolute Gasteiger partial charge is 0.406 e. The first-order valence-electron chi connectivity index (χ1n) is 10.0. The quantitative estimate of drug-likeness (QED) is 0.512. The second-order valence-electron chi connectivity index (χ2n) is 7.55. The molecule has 33 heavy (non-hydrogen) atoms. The molecule has 4 rings (SSSR count). The number of hydrogen-bond acceptors (Lipinski definition) is 4. The van der Waals surface area contributed by atoms with Gasteiger partial charge in [0, 0.05) is 5.69 Å². The van der Waals surface area contributed by atoms with E-state index in [1.807, 2.05) is 26.0 Å². The van der Waals surface area contributed by atoms with E-state index in [9.17, 15) is 22.8 Å². The molecule has 1 aliphatic heterocycles. The van der Waals surface area contributed by atoms with E-state index in [-0.39, 0.29) is 11.3 Å². The number of alkyl halides is 3. The lowest BCUT2D eigenvalue weighted by atomic mass is 10.0. The number of carbonyl (C=O) groups is 2. The van der Waals surface area contributed by atoms with Crippen LogP contribution in [0.15, 0.2) is 78.5 Å². The van der Waals surface area contributed by atoms with Crippen LogP contribution in [-0.2, 0) is 9.59 Å². The minimum absolute atomic E-state index is 0.0377. The van der Waals surface area contributed by atoms with Crippen molar-refractivity contribution in [2.75, 3.05) is 10.2 Å². The fourth-order valence-electron chi connectivity index (χ4n) is 3.68. The number of amides is 2. The number of hydrogen-bond donors (Lipinski definition) is 1. The summed E-state index contributed by atoms with van der Waals surface area (Å²) in [5.41, 5.74) is 3.31. The van der Waals surface area contributed by atoms with Crippen molar-refractivity contribution in [1.29, 1.82) is 0 Å². The van der Waals surface area contributed by atoms with Gasteiger partial charge in [-0.25, -0.2) is 4.90 Å². The van der Waals surface area contributed by atoms with Gasteiger partial charge in [-0.3, -0.25) is 9.59 Å². The Labute approximate surface area is 188 Å². The minimum Gasteiger partial charge on any atom is -0.406 e. The number of halogens is 3. The highest BCUT2D eigenvalue weighted by Crippen LogP contribution is 2.35. The predicted molar refractivity (Wildman–Crippen MR) is 119 cm³/mol. The summed E-state index contributed by atoms with van der Waals surface area (Å²) in [6.45, 7) is 3.73. The number of rotatable bonds is 5. The van der Waals surface area contributed by atoms with Crippen LogP contribution in [0.2, 0.25) is 0 Å². The molecule has 3 aromatic rings. The lowest BCUT2D eigenvalue weighted by molar-refractivity contribution is -0.274. The molecule has 3 aromatic carbocycles. The molecule has 8 heteroatoms. The lowest BCUT2D eigenvalue weighted by Crippen LogP contribution is -2.33. The van der Waals surface area contributed by atoms with Gasteiger partial charge in [-0.1, -0.05) is 48.0 Å². The normalized spacial score (nSPS) is 14.2. The highest BCUT2D eigenvalue weighted by atomic mass is 19.4. The summed E-state index contributed by atoms with van der Waals surface area (Å²) >= 11 is 0. The molecule has 1 heterocycles. The second-order valence-corrected chi connectivity index (χ2v) is 7.55. The molecular formula is C25H19F3N2O3. The Hall–Kier alpha value is -4.07. The van der Waals surface area contributed by atoms with Gasteiger partial charge in [-0.15, -0.1) is 13.2 Å². The number of benzene rings is 3. The molecule has 1 aliphatic rings. The molecule has 0 spiro atoms. The summed E-state index contributed by atoms with van der Waals surface area (Å²) in [7, 11) is 0. The molecule has 0 atom stereocenters. The third-order valence-corrected chi connectivity index (χ3v) is 5.10. The van der Waals surface area contributed by atoms with E-state index < -0.39 is 23.9 Å². The van der Waals surface area contributed by atoms with E-state index >= 15 is 0 Å². The van der Waals surface area contributed by atoms with Crippen molar-refractivity contribution in [3.8, 4) is 5.75 Å². The third-order valence-electron chi connectivity index (χ3n) is 5.10. The summed E-state index contributed by atoms with van der Waals surface area (Å²) in [5, 5.41) is 2.92. The van der Waals surface area contributed by atoms with Gasteiger partial charge >= 0.3 is 6.36 Å². The number of anilines is 2. The van der Waals surface area contributed by atoms with Crippen LogP contribution in [-0.4, -0.2) is 18.2 Å². The molecule has 0 bridgehead atoms. The summed E-state index contributed by atoms with van der Waals surface area (Å²) in [5.74, 6) is -1.44. The highest BCUT2D eigenvalue weighted by Gasteiger charge is 2.40. The Morgan fingerprint density at radius 2 is 1.52 bits per heavy atom. The van der Waals surface area contributed by atoms with Gasteiger partial charge in [0.2, 0.25) is 0 Å². The van der Waals surface area contributed by atoms with Gasteiger partial charge < -0.3 is 10.1 Å². The Kier molecular flexibility index (Phi) is 5.68. The Morgan fingerprint density at radius 1 is 0.848 bits per heavy atom. The molecular weight excluding hydrogens is 433 g/mol. The van der Waals surface area contributed by atoms with E-state index in [1.165, 1.54) is 12.1 Å². The molecule has 1 N–H and O–H groups in total. The van der Waals surface area contributed by atoms with Gasteiger partial charge in [0.15, 0.2) is 0 Å². The summed E-state index contributed by atoms with van der Waals surface area (Å²) in [6.07, 6.45) is -4.81. The Morgan fingerprint density at radius 3 is 2.12 bits per heavy atom. The zero-order valence-corrected chi connectivity index (χ0v) is 17.7. The second kappa shape index (κ2) is 8.46. The van der Waals surface area contributed by atoms with E-state index in [1.54, 1.807) is 36.4 Å². The maximum Gasteiger partial charge on any atom is 0.573 e. The molecule has 2 amide bonds. The van der Waals surface area contributed by atoms with Crippen molar-refractivity contribution in [2.45, 2.75) is 20.2 Å². The van der Waals surface area contributed by atoms with Crippen LogP contribution in [0.1, 0.15) is 16.7 Å². The van der Waals surface area contributed by atoms with Crippen molar-refractivity contribution >= 4 is 28.8 Å². The van der Waals surface area contributed by atoms with Gasteiger partial charge in [0.1, 0.15) is 11.4 Å². The average Bonchev–Trinajstić information content (AvgIpc) is 2.99. The van der Waals surface area contributed by atoms with Crippen LogP contribution in [0, 0.1) is 13.8 Å². The summed E-state index contributed by atoms with van der Waals surface area (Å²) in [4.78, 5) is 27.9. The van der Waals surface area contributed by atoms with Gasteiger partial charge in [-0.05, 0) is 55.3 Å². The highest BCUT2D eigenvalue weighted by molar-refractivity contribution is 6.46. The summed E-state index contributed by atoms with van der Waals surface area (Å²) in [6, 6.07) is 19.1. The lowest BCUT2D eigenvalue weighted by Gasteiger charge is -2.18. The zero-order valence-electron chi connectivity index (χ0n) is 17.7. The molecule has 5 nitrogen and oxygen atoms in total. The van der Waals surface area contributed by atoms with Crippen LogP contribution < -0.4 is 15.0 Å². The van der Waals surface area contributed by atoms with Crippen LogP contribution in [0.5, 0.6) is 5.75 Å². The number of nitrogens with one attached hydrogen (secondary N) is 1. The third kappa shape index (κ3) is 4.59. The van der Waals surface area contributed by atoms with E-state index in [2.05, 4.69) is 10.1 Å². The Bertz CT molecular complexity index is 1250. The maximum atomic E-state index is 13.4. The number of nitrogens with zero attached hydrogens (tertiary/aromatic N) is 1. The molecule has 0 unspecified atom stereocenters. The first-order chi connectivity index (χ1) is 15.6. The Balaban J connectivity index is 1.73. The van der Waals surface area contributed by atoms with Crippen molar-refractivity contribution < 1.29 is 27.5 Å². The van der Waals surface area contributed by atoms with Gasteiger partial charge in [0.05, 0.1) is 11.3 Å². The molecule has 0 saturated carbocycles. The largest absolute Gasteiger partial charge is 0.573 e. The fourth-order valence-corrected chi connectivity index (χ4v) is 3.68. The number of aryl methyl sites for hydroxylation is 2. The van der Waals surface area contributed by atoms with Crippen molar-refractivity contribution in [3.63, 3.8) is 0 Å². The average molecular weight is 452 g/mol. The maximum absolute atomic E-state index is 13.4. The first kappa shape index (κ1) is 22.1. The van der Waals surface area contributed by atoms with Crippen molar-refractivity contribution in [3.05, 3.63) is 95.2 Å². The summed E-state index contributed by atoms with van der Waals surface area (Å²) < 4.78 is 41.2. The standard InChI is InChI=1S/C25H19F3N2O3/c1-15-8-13-20(16(2)14-15)30-23(31)21(17-6-4-3-5-7-17)22(24(30)32)29-18-9-11-19(12-10-18)33-25(26,27)28/h3-14,29H,1-2H3. The molecule has 0 aromatic heterocycles. The van der Waals surface area contributed by atoms with Gasteiger partial charge in [0.25, 0.3) is 11.8 Å². The SMILES string of the molecule is Cc1ccc(N2C(=O)C(Nc3ccc(OC(F)(F)F)cc3)=C(c3ccccc3)C2=O)c(C)c1. The van der Waals surface area contributed by atoms with E-state index in [4.69, 9.17) is 0 Å². The van der Waals surface area contributed by atoms with Crippen LogP contribution in [0.25, 0.3) is 5.57 Å². The van der Waals surface area contributed by atoms with Crippen molar-refractivity contribution in [2.24, 2.45) is 0 Å². The van der Waals surface area contributed by atoms with Crippen LogP contribution >= 0.6 is 0 Å². The minimum atomic E-state index is -4.81. The fraction of sp³-hybridized carbons (Fsp3) is 0.120. The van der Waals surface area contributed by atoms with Crippen LogP contribution in [0.4, 0.5) is 24.5 Å². The molecule has 168 valence electrons. The van der Waals surface area contributed by atoms with Gasteiger partial charge in [-0.2, -0.15) is 0 Å². The zero-order chi connectivity index (χ0) is 23.8. The first-order valence-corrected chi connectivity index (χ1v) is 10.0.